The van der Waals surface area contributed by atoms with Gasteiger partial charge in [-0.15, -0.1) is 0 Å². The van der Waals surface area contributed by atoms with Crippen molar-refractivity contribution in [3.63, 3.8) is 0 Å². The van der Waals surface area contributed by atoms with E-state index in [0.29, 0.717) is 5.56 Å². The number of rotatable bonds is 2. The Labute approximate surface area is 81.0 Å². The molecule has 0 spiro atoms. The van der Waals surface area contributed by atoms with Gasteiger partial charge in [-0.25, -0.2) is 8.78 Å². The highest BCUT2D eigenvalue weighted by Crippen LogP contribution is 2.23. The Morgan fingerprint density at radius 3 is 2.71 bits per heavy atom. The Kier molecular flexibility index (Phi) is 3.15. The minimum Gasteiger partial charge on any atom is -0.323 e. The summed E-state index contributed by atoms with van der Waals surface area (Å²) in [6, 6.07) is 3.38. The van der Waals surface area contributed by atoms with Gasteiger partial charge in [-0.05, 0) is 18.6 Å². The number of hydrogen-bond acceptors (Lipinski definition) is 2. The fourth-order valence-corrected chi connectivity index (χ4v) is 1.22. The second-order valence-corrected chi connectivity index (χ2v) is 3.06. The maximum absolute atomic E-state index is 13.4. The number of halogens is 2. The molecule has 2 N–H and O–H groups in total. The van der Waals surface area contributed by atoms with Crippen molar-refractivity contribution >= 4 is 0 Å². The highest BCUT2D eigenvalue weighted by molar-refractivity contribution is 5.29. The lowest BCUT2D eigenvalue weighted by atomic mass is 10.0. The van der Waals surface area contributed by atoms with E-state index in [2.05, 4.69) is 0 Å². The molecule has 0 saturated carbocycles. The summed E-state index contributed by atoms with van der Waals surface area (Å²) in [5.74, 6) is -1.36. The van der Waals surface area contributed by atoms with Gasteiger partial charge in [-0.2, -0.15) is 5.26 Å². The lowest BCUT2D eigenvalue weighted by molar-refractivity contribution is 0.523. The van der Waals surface area contributed by atoms with E-state index in [1.165, 1.54) is 13.0 Å². The summed E-state index contributed by atoms with van der Waals surface area (Å²) in [7, 11) is 0. The van der Waals surface area contributed by atoms with E-state index in [-0.39, 0.29) is 12.0 Å². The standard InChI is InChI=1S/C10H10F2N2/c1-6-2-3-7(11)9(10(6)12)8(14)4-5-13/h2-3,8H,4,14H2,1H3/t8-/m1/s1. The lowest BCUT2D eigenvalue weighted by Crippen LogP contribution is -2.14. The largest absolute Gasteiger partial charge is 0.323 e. The highest BCUT2D eigenvalue weighted by Gasteiger charge is 2.17. The van der Waals surface area contributed by atoms with Gasteiger partial charge in [-0.1, -0.05) is 6.07 Å². The van der Waals surface area contributed by atoms with Crippen molar-refractivity contribution in [2.24, 2.45) is 5.73 Å². The van der Waals surface area contributed by atoms with Crippen molar-refractivity contribution in [1.82, 2.24) is 0 Å². The first-order valence-corrected chi connectivity index (χ1v) is 4.15. The fourth-order valence-electron chi connectivity index (χ4n) is 1.22. The second kappa shape index (κ2) is 4.16. The quantitative estimate of drug-likeness (QED) is 0.788. The smallest absolute Gasteiger partial charge is 0.133 e. The zero-order valence-corrected chi connectivity index (χ0v) is 7.72. The van der Waals surface area contributed by atoms with Gasteiger partial charge in [0.15, 0.2) is 0 Å². The average Bonchev–Trinajstić information content (AvgIpc) is 2.13. The molecule has 0 fully saturated rings. The summed E-state index contributed by atoms with van der Waals surface area (Å²) in [6.45, 7) is 1.53. The first kappa shape index (κ1) is 10.6. The molecule has 0 aliphatic carbocycles. The summed E-state index contributed by atoms with van der Waals surface area (Å²) >= 11 is 0. The van der Waals surface area contributed by atoms with E-state index in [0.717, 1.165) is 6.07 Å². The fraction of sp³-hybridized carbons (Fsp3) is 0.300. The number of aryl methyl sites for hydroxylation is 1. The third kappa shape index (κ3) is 1.88. The van der Waals surface area contributed by atoms with Crippen molar-refractivity contribution in [1.29, 1.82) is 5.26 Å². The number of hydrogen-bond donors (Lipinski definition) is 1. The molecular weight excluding hydrogens is 186 g/mol. The predicted molar refractivity (Wildman–Crippen MR) is 48.3 cm³/mol. The molecule has 0 bridgehead atoms. The molecule has 0 aromatic heterocycles. The van der Waals surface area contributed by atoms with Crippen LogP contribution in [0.1, 0.15) is 23.6 Å². The van der Waals surface area contributed by atoms with Crippen LogP contribution in [0.2, 0.25) is 0 Å². The SMILES string of the molecule is Cc1ccc(F)c([C@H](N)CC#N)c1F. The minimum atomic E-state index is -0.903. The Bertz CT molecular complexity index is 382. The minimum absolute atomic E-state index is 0.0999. The van der Waals surface area contributed by atoms with Crippen LogP contribution in [0, 0.1) is 29.9 Å². The lowest BCUT2D eigenvalue weighted by Gasteiger charge is -2.11. The third-order valence-electron chi connectivity index (χ3n) is 2.00. The van der Waals surface area contributed by atoms with E-state index >= 15 is 0 Å². The molecule has 0 radical (unpaired) electrons. The van der Waals surface area contributed by atoms with Gasteiger partial charge in [-0.3, -0.25) is 0 Å². The Hall–Kier alpha value is -1.47. The Morgan fingerprint density at radius 1 is 1.50 bits per heavy atom. The van der Waals surface area contributed by atoms with Gasteiger partial charge < -0.3 is 5.73 Å². The predicted octanol–water partition coefficient (Wildman–Crippen LogP) is 2.19. The van der Waals surface area contributed by atoms with E-state index < -0.39 is 17.7 Å². The molecule has 0 heterocycles. The first-order valence-electron chi connectivity index (χ1n) is 4.15. The summed E-state index contributed by atoms with van der Waals surface area (Å²) in [4.78, 5) is 0. The van der Waals surface area contributed by atoms with Crippen LogP contribution in [0.4, 0.5) is 8.78 Å². The van der Waals surface area contributed by atoms with Crippen LogP contribution in [0.5, 0.6) is 0 Å². The monoisotopic (exact) mass is 196 g/mol. The maximum Gasteiger partial charge on any atom is 0.133 e. The zero-order valence-electron chi connectivity index (χ0n) is 7.72. The van der Waals surface area contributed by atoms with Crippen LogP contribution >= 0.6 is 0 Å². The van der Waals surface area contributed by atoms with Crippen LogP contribution < -0.4 is 5.73 Å². The van der Waals surface area contributed by atoms with Gasteiger partial charge in [0.05, 0.1) is 12.5 Å². The van der Waals surface area contributed by atoms with Crippen molar-refractivity contribution in [2.75, 3.05) is 0 Å². The van der Waals surface area contributed by atoms with Crippen molar-refractivity contribution in [2.45, 2.75) is 19.4 Å². The summed E-state index contributed by atoms with van der Waals surface area (Å²) in [5, 5.41) is 8.37. The number of nitriles is 1. The van der Waals surface area contributed by atoms with Crippen LogP contribution in [0.25, 0.3) is 0 Å². The molecule has 1 atom stereocenters. The van der Waals surface area contributed by atoms with E-state index in [1.807, 2.05) is 0 Å². The topological polar surface area (TPSA) is 49.8 Å². The van der Waals surface area contributed by atoms with Crippen LogP contribution in [0.15, 0.2) is 12.1 Å². The van der Waals surface area contributed by atoms with E-state index in [4.69, 9.17) is 11.0 Å². The maximum atomic E-state index is 13.4. The summed E-state index contributed by atoms with van der Waals surface area (Å²) in [5.41, 5.74) is 5.60. The van der Waals surface area contributed by atoms with Gasteiger partial charge in [0.25, 0.3) is 0 Å². The van der Waals surface area contributed by atoms with Gasteiger partial charge in [0.2, 0.25) is 0 Å². The second-order valence-electron chi connectivity index (χ2n) is 3.06. The normalized spacial score (nSPS) is 12.2. The molecule has 1 rings (SSSR count). The van der Waals surface area contributed by atoms with Crippen LogP contribution in [-0.2, 0) is 0 Å². The summed E-state index contributed by atoms with van der Waals surface area (Å²) < 4.78 is 26.6. The molecule has 0 unspecified atom stereocenters. The van der Waals surface area contributed by atoms with Crippen molar-refractivity contribution in [3.05, 3.63) is 34.9 Å². The molecule has 0 aliphatic heterocycles. The Morgan fingerprint density at radius 2 is 2.14 bits per heavy atom. The Balaban J connectivity index is 3.19. The number of nitrogens with two attached hydrogens (primary N) is 1. The highest BCUT2D eigenvalue weighted by atomic mass is 19.1. The molecule has 0 saturated heterocycles. The summed E-state index contributed by atoms with van der Waals surface area (Å²) in [6.07, 6.45) is -0.0999. The molecule has 14 heavy (non-hydrogen) atoms. The molecule has 0 amide bonds. The van der Waals surface area contributed by atoms with Gasteiger partial charge in [0.1, 0.15) is 11.6 Å². The van der Waals surface area contributed by atoms with Gasteiger partial charge >= 0.3 is 0 Å². The molecule has 0 aliphatic rings. The third-order valence-corrected chi connectivity index (χ3v) is 2.00. The number of benzene rings is 1. The van der Waals surface area contributed by atoms with Crippen molar-refractivity contribution < 1.29 is 8.78 Å². The zero-order chi connectivity index (χ0) is 10.7. The van der Waals surface area contributed by atoms with Crippen LogP contribution in [-0.4, -0.2) is 0 Å². The molecule has 1 aromatic rings. The molecular formula is C10H10F2N2. The van der Waals surface area contributed by atoms with E-state index in [1.54, 1.807) is 6.07 Å². The van der Waals surface area contributed by atoms with Crippen molar-refractivity contribution in [3.8, 4) is 6.07 Å². The number of nitrogens with zero attached hydrogens (tertiary/aromatic N) is 1. The van der Waals surface area contributed by atoms with Crippen LogP contribution in [0.3, 0.4) is 0 Å². The molecule has 4 heteroatoms. The molecule has 1 aromatic carbocycles. The molecule has 2 nitrogen and oxygen atoms in total. The first-order chi connectivity index (χ1) is 6.57. The molecule has 74 valence electrons. The average molecular weight is 196 g/mol. The van der Waals surface area contributed by atoms with E-state index in [9.17, 15) is 8.78 Å². The van der Waals surface area contributed by atoms with Gasteiger partial charge in [0, 0.05) is 11.6 Å².